The molecule has 4 heteroatoms. The highest BCUT2D eigenvalue weighted by Crippen LogP contribution is 2.33. The lowest BCUT2D eigenvalue weighted by atomic mass is 10.1. The molecule has 1 amide bonds. The van der Waals surface area contributed by atoms with Crippen molar-refractivity contribution in [3.05, 3.63) is 66.6 Å². The Balaban J connectivity index is 2.06. The summed E-state index contributed by atoms with van der Waals surface area (Å²) in [6, 6.07) is 19.7. The van der Waals surface area contributed by atoms with Crippen molar-refractivity contribution >= 4 is 5.91 Å². The molecule has 0 radical (unpaired) electrons. The van der Waals surface area contributed by atoms with Crippen LogP contribution in [0.15, 0.2) is 65.1 Å². The van der Waals surface area contributed by atoms with Crippen molar-refractivity contribution in [1.29, 1.82) is 0 Å². The molecule has 0 saturated carbocycles. The first-order valence-corrected chi connectivity index (χ1v) is 7.55. The molecule has 0 spiro atoms. The first-order valence-electron chi connectivity index (χ1n) is 7.55. The van der Waals surface area contributed by atoms with Crippen LogP contribution in [-0.2, 0) is 11.2 Å². The Bertz CT molecular complexity index is 738. The normalized spacial score (nSPS) is 12.0. The van der Waals surface area contributed by atoms with Crippen LogP contribution in [0.1, 0.15) is 12.8 Å². The maximum Gasteiger partial charge on any atom is 0.220 e. The highest BCUT2D eigenvalue weighted by Gasteiger charge is 2.19. The van der Waals surface area contributed by atoms with E-state index < -0.39 is 0 Å². The second-order valence-electron chi connectivity index (χ2n) is 5.52. The fourth-order valence-electron chi connectivity index (χ4n) is 2.39. The molecule has 4 nitrogen and oxygen atoms in total. The smallest absolute Gasteiger partial charge is 0.220 e. The van der Waals surface area contributed by atoms with Crippen LogP contribution >= 0.6 is 0 Å². The van der Waals surface area contributed by atoms with E-state index in [-0.39, 0.29) is 11.8 Å². The lowest BCUT2D eigenvalue weighted by molar-refractivity contribution is -0.121. The molecule has 1 atom stereocenters. The van der Waals surface area contributed by atoms with Gasteiger partial charge in [-0.05, 0) is 0 Å². The van der Waals surface area contributed by atoms with E-state index in [4.69, 9.17) is 10.2 Å². The predicted octanol–water partition coefficient (Wildman–Crippen LogP) is 3.67. The number of nitrogens with two attached hydrogens (primary N) is 1. The summed E-state index contributed by atoms with van der Waals surface area (Å²) in [6.45, 7) is 1.77. The van der Waals surface area contributed by atoms with Crippen LogP contribution in [0.3, 0.4) is 0 Å². The summed E-state index contributed by atoms with van der Waals surface area (Å²) >= 11 is 0. The zero-order valence-corrected chi connectivity index (χ0v) is 12.9. The molecule has 0 saturated heterocycles. The molecule has 116 valence electrons. The van der Waals surface area contributed by atoms with Gasteiger partial charge in [-0.2, -0.15) is 0 Å². The van der Waals surface area contributed by atoms with Crippen LogP contribution in [0.25, 0.3) is 22.6 Å². The predicted molar refractivity (Wildman–Crippen MR) is 89.4 cm³/mol. The van der Waals surface area contributed by atoms with Gasteiger partial charge in [0, 0.05) is 23.5 Å². The molecule has 3 rings (SSSR count). The SMILES string of the molecule is CC(Cc1nc(-c2ccccc2)c(-c2ccccc2)o1)C(N)=O. The van der Waals surface area contributed by atoms with Crippen molar-refractivity contribution in [3.63, 3.8) is 0 Å². The summed E-state index contributed by atoms with van der Waals surface area (Å²) < 4.78 is 5.96. The Morgan fingerprint density at radius 1 is 1.04 bits per heavy atom. The van der Waals surface area contributed by atoms with Gasteiger partial charge in [0.1, 0.15) is 5.69 Å². The number of carbonyl (C=O) groups excluding carboxylic acids is 1. The number of carbonyl (C=O) groups is 1. The highest BCUT2D eigenvalue weighted by atomic mass is 16.4. The summed E-state index contributed by atoms with van der Waals surface area (Å²) in [5.74, 6) is 0.559. The Hall–Kier alpha value is -2.88. The van der Waals surface area contributed by atoms with Gasteiger partial charge in [-0.3, -0.25) is 4.79 Å². The number of amides is 1. The molecular weight excluding hydrogens is 288 g/mol. The number of primary amides is 1. The van der Waals surface area contributed by atoms with E-state index in [2.05, 4.69) is 4.98 Å². The lowest BCUT2D eigenvalue weighted by Gasteiger charge is -2.02. The molecule has 0 aliphatic rings. The lowest BCUT2D eigenvalue weighted by Crippen LogP contribution is -2.22. The second-order valence-corrected chi connectivity index (χ2v) is 5.52. The molecule has 1 heterocycles. The van der Waals surface area contributed by atoms with Crippen molar-refractivity contribution in [3.8, 4) is 22.6 Å². The molecule has 1 unspecified atom stereocenters. The summed E-state index contributed by atoms with van der Waals surface area (Å²) in [5.41, 5.74) is 8.06. The maximum absolute atomic E-state index is 11.3. The topological polar surface area (TPSA) is 69.1 Å². The fourth-order valence-corrected chi connectivity index (χ4v) is 2.39. The van der Waals surface area contributed by atoms with Gasteiger partial charge in [0.15, 0.2) is 11.7 Å². The zero-order chi connectivity index (χ0) is 16.2. The van der Waals surface area contributed by atoms with Crippen LogP contribution in [0.4, 0.5) is 0 Å². The van der Waals surface area contributed by atoms with Crippen LogP contribution in [0.5, 0.6) is 0 Å². The summed E-state index contributed by atoms with van der Waals surface area (Å²) in [6.07, 6.45) is 0.391. The third kappa shape index (κ3) is 3.31. The Kier molecular flexibility index (Phi) is 4.24. The van der Waals surface area contributed by atoms with E-state index in [1.165, 1.54) is 0 Å². The number of hydrogen-bond donors (Lipinski definition) is 1. The molecule has 1 aromatic heterocycles. The van der Waals surface area contributed by atoms with E-state index in [0.717, 1.165) is 16.8 Å². The molecule has 2 aromatic carbocycles. The minimum absolute atomic E-state index is 0.319. The van der Waals surface area contributed by atoms with Gasteiger partial charge in [-0.1, -0.05) is 67.6 Å². The van der Waals surface area contributed by atoms with Gasteiger partial charge in [0.2, 0.25) is 5.91 Å². The van der Waals surface area contributed by atoms with E-state index in [1.807, 2.05) is 60.7 Å². The molecule has 0 bridgehead atoms. The Labute approximate surface area is 135 Å². The first-order chi connectivity index (χ1) is 11.1. The standard InChI is InChI=1S/C19H18N2O2/c1-13(19(20)22)12-16-21-17(14-8-4-2-5-9-14)18(23-16)15-10-6-3-7-11-15/h2-11,13H,12H2,1H3,(H2,20,22). The monoisotopic (exact) mass is 306 g/mol. The third-order valence-corrected chi connectivity index (χ3v) is 3.72. The molecule has 23 heavy (non-hydrogen) atoms. The Morgan fingerprint density at radius 3 is 2.17 bits per heavy atom. The van der Waals surface area contributed by atoms with Gasteiger partial charge in [0.25, 0.3) is 0 Å². The minimum atomic E-state index is -0.356. The number of oxazole rings is 1. The number of aromatic nitrogens is 1. The molecule has 2 N–H and O–H groups in total. The molecule has 0 aliphatic carbocycles. The summed E-state index contributed by atoms with van der Waals surface area (Å²) in [7, 11) is 0. The number of rotatable bonds is 5. The molecule has 3 aromatic rings. The molecule has 0 aliphatic heterocycles. The van der Waals surface area contributed by atoms with Crippen molar-refractivity contribution in [2.75, 3.05) is 0 Å². The second kappa shape index (κ2) is 6.48. The number of hydrogen-bond acceptors (Lipinski definition) is 3. The maximum atomic E-state index is 11.3. The minimum Gasteiger partial charge on any atom is -0.440 e. The zero-order valence-electron chi connectivity index (χ0n) is 12.9. The van der Waals surface area contributed by atoms with E-state index >= 15 is 0 Å². The van der Waals surface area contributed by atoms with Gasteiger partial charge < -0.3 is 10.2 Å². The third-order valence-electron chi connectivity index (χ3n) is 3.72. The Morgan fingerprint density at radius 2 is 1.61 bits per heavy atom. The first kappa shape index (κ1) is 15.0. The van der Waals surface area contributed by atoms with Crippen molar-refractivity contribution < 1.29 is 9.21 Å². The quantitative estimate of drug-likeness (QED) is 0.782. The van der Waals surface area contributed by atoms with Crippen LogP contribution in [0.2, 0.25) is 0 Å². The average molecular weight is 306 g/mol. The van der Waals surface area contributed by atoms with Crippen LogP contribution < -0.4 is 5.73 Å². The van der Waals surface area contributed by atoms with Crippen molar-refractivity contribution in [2.45, 2.75) is 13.3 Å². The summed E-state index contributed by atoms with van der Waals surface area (Å²) in [5, 5.41) is 0. The van der Waals surface area contributed by atoms with Crippen molar-refractivity contribution in [2.24, 2.45) is 11.7 Å². The number of benzene rings is 2. The van der Waals surface area contributed by atoms with Crippen LogP contribution in [-0.4, -0.2) is 10.9 Å². The van der Waals surface area contributed by atoms with Crippen LogP contribution in [0, 0.1) is 5.92 Å². The highest BCUT2D eigenvalue weighted by molar-refractivity contribution is 5.78. The van der Waals surface area contributed by atoms with E-state index in [9.17, 15) is 4.79 Å². The number of nitrogens with zero attached hydrogens (tertiary/aromatic N) is 1. The van der Waals surface area contributed by atoms with E-state index in [1.54, 1.807) is 6.92 Å². The van der Waals surface area contributed by atoms with Gasteiger partial charge >= 0.3 is 0 Å². The largest absolute Gasteiger partial charge is 0.440 e. The average Bonchev–Trinajstić information content (AvgIpc) is 3.00. The van der Waals surface area contributed by atoms with Gasteiger partial charge in [0.05, 0.1) is 0 Å². The summed E-state index contributed by atoms with van der Waals surface area (Å²) in [4.78, 5) is 15.9. The fraction of sp³-hybridized carbons (Fsp3) is 0.158. The molecule has 0 fully saturated rings. The van der Waals surface area contributed by atoms with Gasteiger partial charge in [-0.15, -0.1) is 0 Å². The van der Waals surface area contributed by atoms with Crippen molar-refractivity contribution in [1.82, 2.24) is 4.98 Å². The van der Waals surface area contributed by atoms with Gasteiger partial charge in [-0.25, -0.2) is 4.98 Å². The van der Waals surface area contributed by atoms with E-state index in [0.29, 0.717) is 18.1 Å². The molecular formula is C19H18N2O2.